The molecule has 0 amide bonds. The van der Waals surface area contributed by atoms with Gasteiger partial charge in [-0.15, -0.1) is 11.8 Å². The van der Waals surface area contributed by atoms with Gasteiger partial charge in [-0.25, -0.2) is 0 Å². The minimum atomic E-state index is 0.475. The Morgan fingerprint density at radius 1 is 1.50 bits per heavy atom. The average molecular weight is 81.1 g/mol. The summed E-state index contributed by atoms with van der Waals surface area (Å²) in [7, 11) is 0. The second-order valence-electron chi connectivity index (χ2n) is 1.48. The Labute approximate surface area is 39.6 Å². The molecule has 0 heterocycles. The summed E-state index contributed by atoms with van der Waals surface area (Å²) < 4.78 is 0. The predicted octanol–water partition coefficient (Wildman–Crippen LogP) is 1.48. The summed E-state index contributed by atoms with van der Waals surface area (Å²) in [5, 5.41) is 0. The van der Waals surface area contributed by atoms with Gasteiger partial charge in [-0.2, -0.15) is 0 Å². The zero-order valence-corrected chi connectivity index (χ0v) is 4.28. The maximum Gasteiger partial charge on any atom is 0.0199 e. The molecule has 33 valence electrons. The van der Waals surface area contributed by atoms with Crippen molar-refractivity contribution in [2.75, 3.05) is 0 Å². The highest BCUT2D eigenvalue weighted by molar-refractivity contribution is 5.03. The molecule has 0 unspecified atom stereocenters. The monoisotopic (exact) mass is 81.1 g/mol. The van der Waals surface area contributed by atoms with E-state index < -0.39 is 0 Å². The molecule has 0 spiro atoms. The summed E-state index contributed by atoms with van der Waals surface area (Å²) in [5.74, 6) is 5.89. The van der Waals surface area contributed by atoms with Crippen LogP contribution in [0.25, 0.3) is 0 Å². The van der Waals surface area contributed by atoms with Crippen LogP contribution in [-0.4, -0.2) is 0 Å². The zero-order valence-electron chi connectivity index (χ0n) is 4.28. The smallest absolute Gasteiger partial charge is 0.0199 e. The van der Waals surface area contributed by atoms with Crippen molar-refractivity contribution >= 4 is 0 Å². The molecule has 0 saturated heterocycles. The van der Waals surface area contributed by atoms with Gasteiger partial charge in [0.15, 0.2) is 0 Å². The van der Waals surface area contributed by atoms with Crippen molar-refractivity contribution in [3.63, 3.8) is 0 Å². The minimum Gasteiger partial charge on any atom is -0.102 e. The van der Waals surface area contributed by atoms with Crippen LogP contribution >= 0.6 is 0 Å². The van der Waals surface area contributed by atoms with Gasteiger partial charge in [0.1, 0.15) is 0 Å². The fourth-order valence-electron chi connectivity index (χ4n) is 0.204. The van der Waals surface area contributed by atoms with E-state index in [0.717, 1.165) is 0 Å². The molecule has 0 atom stereocenters. The van der Waals surface area contributed by atoms with Gasteiger partial charge < -0.3 is 0 Å². The summed E-state index contributed by atoms with van der Waals surface area (Å²) in [4.78, 5) is 0. The number of hydrogen-bond acceptors (Lipinski definition) is 0. The van der Waals surface area contributed by atoms with E-state index >= 15 is 0 Å². The lowest BCUT2D eigenvalue weighted by molar-refractivity contribution is 0.867. The third-order valence-electron chi connectivity index (χ3n) is 0.391. The van der Waals surface area contributed by atoms with Gasteiger partial charge in [-0.1, -0.05) is 13.8 Å². The van der Waals surface area contributed by atoms with Crippen LogP contribution in [0.1, 0.15) is 13.8 Å². The highest BCUT2D eigenvalue weighted by Gasteiger charge is 1.75. The van der Waals surface area contributed by atoms with E-state index in [-0.39, 0.29) is 0 Å². The normalized spacial score (nSPS) is 7.33. The summed E-state index contributed by atoms with van der Waals surface area (Å²) in [5.41, 5.74) is 0. The van der Waals surface area contributed by atoms with E-state index in [9.17, 15) is 0 Å². The summed E-state index contributed by atoms with van der Waals surface area (Å²) in [6.07, 6.45) is 0. The average Bonchev–Trinajstić information content (AvgIpc) is 1.35. The quantitative estimate of drug-likeness (QED) is 0.387. The Kier molecular flexibility index (Phi) is 2.58. The van der Waals surface area contributed by atoms with Gasteiger partial charge in [-0.3, -0.25) is 0 Å². The van der Waals surface area contributed by atoms with Crippen molar-refractivity contribution in [3.05, 3.63) is 6.92 Å². The second kappa shape index (κ2) is 2.78. The van der Waals surface area contributed by atoms with Crippen molar-refractivity contribution in [3.8, 4) is 11.8 Å². The molecule has 0 aromatic carbocycles. The molecule has 0 heteroatoms. The van der Waals surface area contributed by atoms with Gasteiger partial charge in [0.2, 0.25) is 0 Å². The van der Waals surface area contributed by atoms with Gasteiger partial charge in [0, 0.05) is 12.8 Å². The summed E-state index contributed by atoms with van der Waals surface area (Å²) >= 11 is 0. The Bertz CT molecular complexity index is 69.8. The van der Waals surface area contributed by atoms with E-state index in [4.69, 9.17) is 0 Å². The summed E-state index contributed by atoms with van der Waals surface area (Å²) in [6.45, 7) is 7.44. The molecular weight excluding hydrogens is 72.1 g/mol. The van der Waals surface area contributed by atoms with Crippen molar-refractivity contribution in [1.29, 1.82) is 0 Å². The Morgan fingerprint density at radius 2 is 2.00 bits per heavy atom. The van der Waals surface area contributed by atoms with Crippen LogP contribution < -0.4 is 0 Å². The largest absolute Gasteiger partial charge is 0.102 e. The molecule has 0 aliphatic heterocycles. The van der Waals surface area contributed by atoms with Crippen molar-refractivity contribution in [2.24, 2.45) is 5.92 Å². The van der Waals surface area contributed by atoms with Gasteiger partial charge in [-0.05, 0) is 0 Å². The zero-order chi connectivity index (χ0) is 4.99. The molecule has 6 heavy (non-hydrogen) atoms. The van der Waals surface area contributed by atoms with Crippen LogP contribution in [0.15, 0.2) is 0 Å². The van der Waals surface area contributed by atoms with Crippen LogP contribution in [0.4, 0.5) is 0 Å². The lowest BCUT2D eigenvalue weighted by atomic mass is 10.2. The third kappa shape index (κ3) is 3.56. The summed E-state index contributed by atoms with van der Waals surface area (Å²) in [6, 6.07) is 0. The van der Waals surface area contributed by atoms with Crippen LogP contribution in [0.5, 0.6) is 0 Å². The van der Waals surface area contributed by atoms with E-state index in [2.05, 4.69) is 18.8 Å². The Balaban J connectivity index is 3.20. The molecule has 0 aromatic heterocycles. The maximum absolute atomic E-state index is 3.36. The molecule has 0 bridgehead atoms. The first-order chi connectivity index (χ1) is 2.77. The maximum atomic E-state index is 3.36. The Hall–Kier alpha value is -0.440. The van der Waals surface area contributed by atoms with Crippen LogP contribution in [0.3, 0.4) is 0 Å². The standard InChI is InChI=1S/C6H9/c1-4-5-6(2)3/h6H,1H2,2-3H3. The minimum absolute atomic E-state index is 0.475. The van der Waals surface area contributed by atoms with Crippen molar-refractivity contribution < 1.29 is 0 Å². The van der Waals surface area contributed by atoms with Crippen LogP contribution in [0.2, 0.25) is 0 Å². The van der Waals surface area contributed by atoms with Gasteiger partial charge in [0.25, 0.3) is 0 Å². The molecular formula is C6H9. The first-order valence-corrected chi connectivity index (χ1v) is 2.05. The van der Waals surface area contributed by atoms with E-state index in [1.165, 1.54) is 0 Å². The highest BCUT2D eigenvalue weighted by atomic mass is 13.8. The first kappa shape index (κ1) is 5.56. The molecule has 1 radical (unpaired) electrons. The van der Waals surface area contributed by atoms with E-state index in [0.29, 0.717) is 5.92 Å². The topological polar surface area (TPSA) is 0 Å². The first-order valence-electron chi connectivity index (χ1n) is 2.05. The molecule has 0 aromatic rings. The molecule has 0 nitrogen and oxygen atoms in total. The molecule has 0 saturated carbocycles. The molecule has 0 N–H and O–H groups in total. The fraction of sp³-hybridized carbons (Fsp3) is 0.500. The fourth-order valence-corrected chi connectivity index (χ4v) is 0.204. The van der Waals surface area contributed by atoms with Gasteiger partial charge in [0.05, 0.1) is 0 Å². The molecule has 0 aliphatic rings. The second-order valence-corrected chi connectivity index (χ2v) is 1.48. The molecule has 0 rings (SSSR count). The predicted molar refractivity (Wildman–Crippen MR) is 28.0 cm³/mol. The Morgan fingerprint density at radius 3 is 2.00 bits per heavy atom. The number of rotatable bonds is 0. The van der Waals surface area contributed by atoms with Gasteiger partial charge >= 0.3 is 0 Å². The van der Waals surface area contributed by atoms with Crippen LogP contribution in [-0.2, 0) is 0 Å². The van der Waals surface area contributed by atoms with E-state index in [1.54, 1.807) is 0 Å². The van der Waals surface area contributed by atoms with Crippen molar-refractivity contribution in [2.45, 2.75) is 13.8 Å². The lowest BCUT2D eigenvalue weighted by Crippen LogP contribution is -1.74. The molecule has 0 fully saturated rings. The third-order valence-corrected chi connectivity index (χ3v) is 0.391. The highest BCUT2D eigenvalue weighted by Crippen LogP contribution is 1.83. The van der Waals surface area contributed by atoms with Crippen LogP contribution in [0, 0.1) is 24.7 Å². The molecule has 0 aliphatic carbocycles. The van der Waals surface area contributed by atoms with Crippen molar-refractivity contribution in [1.82, 2.24) is 0 Å². The van der Waals surface area contributed by atoms with E-state index in [1.807, 2.05) is 13.8 Å². The number of hydrogen-bond donors (Lipinski definition) is 0. The SMILES string of the molecule is [CH2]C#CC(C)C. The lowest BCUT2D eigenvalue weighted by Gasteiger charge is -1.82.